The zero-order valence-corrected chi connectivity index (χ0v) is 8.27. The molecule has 0 unspecified atom stereocenters. The molecule has 0 aromatic carbocycles. The number of methoxy groups -OCH3 is 1. The van der Waals surface area contributed by atoms with Gasteiger partial charge in [-0.2, -0.15) is 0 Å². The van der Waals surface area contributed by atoms with Crippen LogP contribution in [-0.2, 0) is 9.47 Å². The van der Waals surface area contributed by atoms with Gasteiger partial charge in [0.25, 0.3) is 0 Å². The van der Waals surface area contributed by atoms with E-state index in [0.717, 1.165) is 6.42 Å². The van der Waals surface area contributed by atoms with E-state index >= 15 is 0 Å². The van der Waals surface area contributed by atoms with Crippen LogP contribution in [0.5, 0.6) is 0 Å². The van der Waals surface area contributed by atoms with Gasteiger partial charge in [0, 0.05) is 6.42 Å². The Labute approximate surface area is 86.8 Å². The summed E-state index contributed by atoms with van der Waals surface area (Å²) in [5.74, 6) is 0.177. The van der Waals surface area contributed by atoms with Gasteiger partial charge in [-0.1, -0.05) is 0 Å². The third kappa shape index (κ3) is 1.96. The molecule has 1 aliphatic rings. The van der Waals surface area contributed by atoms with Crippen LogP contribution in [0.2, 0.25) is 0 Å². The predicted molar refractivity (Wildman–Crippen MR) is 51.9 cm³/mol. The zero-order valence-electron chi connectivity index (χ0n) is 8.27. The molecule has 0 aliphatic carbocycles. The molecule has 0 fully saturated rings. The molecule has 78 valence electrons. The van der Waals surface area contributed by atoms with Crippen LogP contribution >= 0.6 is 0 Å². The Hall–Kier alpha value is -1.91. The fourth-order valence-electron chi connectivity index (χ4n) is 1.28. The van der Waals surface area contributed by atoms with E-state index in [9.17, 15) is 4.79 Å². The molecule has 2 heterocycles. The highest BCUT2D eigenvalue weighted by Gasteiger charge is 2.13. The van der Waals surface area contributed by atoms with Crippen LogP contribution in [0.4, 0.5) is 0 Å². The lowest BCUT2D eigenvalue weighted by atomic mass is 10.3. The smallest absolute Gasteiger partial charge is 0.358 e. The molecule has 1 aliphatic heterocycles. The lowest BCUT2D eigenvalue weighted by molar-refractivity contribution is 0.0593. The van der Waals surface area contributed by atoms with Crippen LogP contribution in [-0.4, -0.2) is 29.7 Å². The monoisotopic (exact) mass is 206 g/mol. The van der Waals surface area contributed by atoms with Gasteiger partial charge in [-0.25, -0.2) is 9.78 Å². The highest BCUT2D eigenvalue weighted by molar-refractivity contribution is 5.87. The second kappa shape index (κ2) is 4.08. The fraction of sp³-hybridized carbons (Fsp3) is 0.300. The highest BCUT2D eigenvalue weighted by atomic mass is 16.5. The molecule has 0 bridgehead atoms. The van der Waals surface area contributed by atoms with Crippen molar-refractivity contribution >= 4 is 11.7 Å². The summed E-state index contributed by atoms with van der Waals surface area (Å²) >= 11 is 0. The summed E-state index contributed by atoms with van der Waals surface area (Å²) in [4.78, 5) is 19.2. The van der Waals surface area contributed by atoms with Crippen molar-refractivity contribution in [3.8, 4) is 0 Å². The predicted octanol–water partition coefficient (Wildman–Crippen LogP) is 1.02. The molecule has 0 saturated heterocycles. The Morgan fingerprint density at radius 2 is 2.40 bits per heavy atom. The number of ether oxygens (including phenoxy) is 2. The van der Waals surface area contributed by atoms with Crippen LogP contribution < -0.4 is 0 Å². The van der Waals surface area contributed by atoms with Crippen molar-refractivity contribution in [3.05, 3.63) is 29.9 Å². The van der Waals surface area contributed by atoms with Gasteiger partial charge in [0.05, 0.1) is 26.1 Å². The number of carbonyl (C=O) groups excluding carboxylic acids is 1. The first-order valence-corrected chi connectivity index (χ1v) is 4.55. The third-order valence-electron chi connectivity index (χ3n) is 1.99. The maximum atomic E-state index is 11.2. The van der Waals surface area contributed by atoms with Gasteiger partial charge in [0.1, 0.15) is 11.5 Å². The maximum absolute atomic E-state index is 11.2. The largest absolute Gasteiger partial charge is 0.491 e. The summed E-state index contributed by atoms with van der Waals surface area (Å²) in [5.41, 5.74) is 0.752. The average Bonchev–Trinajstić information content (AvgIpc) is 2.82. The highest BCUT2D eigenvalue weighted by Crippen LogP contribution is 2.19. The third-order valence-corrected chi connectivity index (χ3v) is 1.99. The average molecular weight is 206 g/mol. The van der Waals surface area contributed by atoms with Gasteiger partial charge in [0.2, 0.25) is 0 Å². The second-order valence-corrected chi connectivity index (χ2v) is 2.99. The molecular formula is C10H10N2O3. The van der Waals surface area contributed by atoms with Crippen molar-refractivity contribution in [2.75, 3.05) is 13.7 Å². The van der Waals surface area contributed by atoms with Crippen LogP contribution in [0.3, 0.4) is 0 Å². The molecule has 0 radical (unpaired) electrons. The molecule has 0 saturated carbocycles. The summed E-state index contributed by atoms with van der Waals surface area (Å²) in [5, 5.41) is 0. The van der Waals surface area contributed by atoms with E-state index in [1.807, 2.05) is 6.08 Å². The standard InChI is InChI=1S/C10H10N2O3/c1-14-10(13)8-6-11-5-7(12-8)9-3-2-4-15-9/h3,5-6H,2,4H2,1H3. The molecule has 5 nitrogen and oxygen atoms in total. The van der Waals surface area contributed by atoms with Crippen molar-refractivity contribution < 1.29 is 14.3 Å². The molecule has 0 N–H and O–H groups in total. The van der Waals surface area contributed by atoms with Crippen molar-refractivity contribution in [1.82, 2.24) is 9.97 Å². The topological polar surface area (TPSA) is 61.3 Å². The number of nitrogens with zero attached hydrogens (tertiary/aromatic N) is 2. The van der Waals surface area contributed by atoms with Crippen LogP contribution in [0.1, 0.15) is 22.6 Å². The van der Waals surface area contributed by atoms with Crippen molar-refractivity contribution in [3.63, 3.8) is 0 Å². The Kier molecular flexibility index (Phi) is 2.62. The summed E-state index contributed by atoms with van der Waals surface area (Å²) in [7, 11) is 1.31. The summed E-state index contributed by atoms with van der Waals surface area (Å²) in [6, 6.07) is 0. The van der Waals surface area contributed by atoms with E-state index in [-0.39, 0.29) is 5.69 Å². The molecule has 1 aromatic rings. The number of aromatic nitrogens is 2. The molecule has 0 atom stereocenters. The Balaban J connectivity index is 2.30. The van der Waals surface area contributed by atoms with Crippen molar-refractivity contribution in [2.24, 2.45) is 0 Å². The number of hydrogen-bond acceptors (Lipinski definition) is 5. The van der Waals surface area contributed by atoms with Gasteiger partial charge in [-0.3, -0.25) is 4.98 Å². The quantitative estimate of drug-likeness (QED) is 0.676. The minimum atomic E-state index is -0.497. The first kappa shape index (κ1) is 9.64. The van der Waals surface area contributed by atoms with E-state index in [1.165, 1.54) is 13.3 Å². The van der Waals surface area contributed by atoms with Crippen LogP contribution in [0.25, 0.3) is 5.76 Å². The minimum Gasteiger partial charge on any atom is -0.491 e. The molecule has 2 rings (SSSR count). The Morgan fingerprint density at radius 3 is 3.07 bits per heavy atom. The van der Waals surface area contributed by atoms with Gasteiger partial charge < -0.3 is 9.47 Å². The Bertz CT molecular complexity index is 415. The molecule has 0 amide bonds. The number of esters is 1. The van der Waals surface area contributed by atoms with E-state index in [2.05, 4.69) is 14.7 Å². The lowest BCUT2D eigenvalue weighted by Gasteiger charge is -2.03. The normalized spacial score (nSPS) is 14.3. The van der Waals surface area contributed by atoms with E-state index in [4.69, 9.17) is 4.74 Å². The molecule has 15 heavy (non-hydrogen) atoms. The first-order valence-electron chi connectivity index (χ1n) is 4.55. The van der Waals surface area contributed by atoms with Gasteiger partial charge in [-0.15, -0.1) is 0 Å². The van der Waals surface area contributed by atoms with Crippen molar-refractivity contribution in [1.29, 1.82) is 0 Å². The zero-order chi connectivity index (χ0) is 10.7. The minimum absolute atomic E-state index is 0.186. The van der Waals surface area contributed by atoms with Gasteiger partial charge in [0.15, 0.2) is 5.69 Å². The van der Waals surface area contributed by atoms with Crippen LogP contribution in [0, 0.1) is 0 Å². The van der Waals surface area contributed by atoms with E-state index in [1.54, 1.807) is 6.20 Å². The molecule has 5 heteroatoms. The number of rotatable bonds is 2. The SMILES string of the molecule is COC(=O)c1cncc(C2=CCCO2)n1. The van der Waals surface area contributed by atoms with Gasteiger partial charge in [-0.05, 0) is 6.08 Å². The first-order chi connectivity index (χ1) is 7.31. The lowest BCUT2D eigenvalue weighted by Crippen LogP contribution is -2.06. The number of carbonyl (C=O) groups is 1. The van der Waals surface area contributed by atoms with E-state index < -0.39 is 5.97 Å². The molecule has 1 aromatic heterocycles. The maximum Gasteiger partial charge on any atom is 0.358 e. The van der Waals surface area contributed by atoms with Crippen LogP contribution in [0.15, 0.2) is 18.5 Å². The fourth-order valence-corrected chi connectivity index (χ4v) is 1.28. The number of hydrogen-bond donors (Lipinski definition) is 0. The summed E-state index contributed by atoms with van der Waals surface area (Å²) in [6.07, 6.45) is 5.71. The van der Waals surface area contributed by atoms with Crippen molar-refractivity contribution in [2.45, 2.75) is 6.42 Å². The summed E-state index contributed by atoms with van der Waals surface area (Å²) < 4.78 is 9.87. The molecule has 0 spiro atoms. The second-order valence-electron chi connectivity index (χ2n) is 2.99. The Morgan fingerprint density at radius 1 is 1.53 bits per heavy atom. The summed E-state index contributed by atoms with van der Waals surface area (Å²) in [6.45, 7) is 0.652. The molecular weight excluding hydrogens is 196 g/mol. The van der Waals surface area contributed by atoms with Gasteiger partial charge >= 0.3 is 5.97 Å². The van der Waals surface area contributed by atoms with E-state index in [0.29, 0.717) is 18.1 Å².